The van der Waals surface area contributed by atoms with Gasteiger partial charge in [-0.05, 0) is 32.4 Å². The Morgan fingerprint density at radius 1 is 1.29 bits per heavy atom. The molecule has 1 aliphatic heterocycles. The van der Waals surface area contributed by atoms with Crippen molar-refractivity contribution in [1.29, 1.82) is 0 Å². The molecule has 0 spiro atoms. The standard InChI is InChI=1S/C15H24N6/c1-10-16-14(20-17-10)12-6-5-7-21(12)9-11-8-13(19-18-11)15(2,3)4/h8,12H,5-7,9H2,1-4H3,(H,18,19)(H,16,17,20)/t12-/m1/s1. The molecule has 1 saturated heterocycles. The first kappa shape index (κ1) is 14.3. The monoisotopic (exact) mass is 288 g/mol. The fraction of sp³-hybridized carbons (Fsp3) is 0.667. The largest absolute Gasteiger partial charge is 0.287 e. The summed E-state index contributed by atoms with van der Waals surface area (Å²) in [7, 11) is 0. The fourth-order valence-corrected chi connectivity index (χ4v) is 2.86. The van der Waals surface area contributed by atoms with Gasteiger partial charge in [0.15, 0.2) is 5.82 Å². The van der Waals surface area contributed by atoms with Gasteiger partial charge >= 0.3 is 0 Å². The van der Waals surface area contributed by atoms with Gasteiger partial charge in [0.2, 0.25) is 0 Å². The number of likely N-dealkylation sites (tertiary alicyclic amines) is 1. The van der Waals surface area contributed by atoms with Crippen molar-refractivity contribution < 1.29 is 0 Å². The molecule has 2 aromatic heterocycles. The summed E-state index contributed by atoms with van der Waals surface area (Å²) in [6.45, 7) is 10.5. The SMILES string of the molecule is Cc1nc([C@H]2CCCN2Cc2cc(C(C)(C)C)n[nH]2)n[nH]1. The highest BCUT2D eigenvalue weighted by Crippen LogP contribution is 2.31. The second kappa shape index (κ2) is 5.26. The highest BCUT2D eigenvalue weighted by atomic mass is 15.3. The van der Waals surface area contributed by atoms with Crippen LogP contribution in [-0.4, -0.2) is 36.8 Å². The molecule has 1 atom stereocenters. The summed E-state index contributed by atoms with van der Waals surface area (Å²) in [5, 5.41) is 14.9. The minimum atomic E-state index is 0.0834. The molecule has 2 N–H and O–H groups in total. The molecule has 3 rings (SSSR count). The van der Waals surface area contributed by atoms with Gasteiger partial charge in [0.1, 0.15) is 5.82 Å². The van der Waals surface area contributed by atoms with Gasteiger partial charge in [-0.3, -0.25) is 15.1 Å². The van der Waals surface area contributed by atoms with Crippen molar-refractivity contribution in [2.24, 2.45) is 0 Å². The van der Waals surface area contributed by atoms with Crippen LogP contribution in [0, 0.1) is 6.92 Å². The minimum absolute atomic E-state index is 0.0834. The molecule has 1 aliphatic rings. The van der Waals surface area contributed by atoms with E-state index in [1.807, 2.05) is 6.92 Å². The summed E-state index contributed by atoms with van der Waals surface area (Å²) in [5.41, 5.74) is 2.36. The zero-order valence-corrected chi connectivity index (χ0v) is 13.3. The van der Waals surface area contributed by atoms with Gasteiger partial charge < -0.3 is 0 Å². The molecule has 114 valence electrons. The Bertz CT molecular complexity index is 606. The Morgan fingerprint density at radius 2 is 2.10 bits per heavy atom. The van der Waals surface area contributed by atoms with Crippen molar-refractivity contribution in [2.75, 3.05) is 6.54 Å². The van der Waals surface area contributed by atoms with Crippen molar-refractivity contribution in [3.63, 3.8) is 0 Å². The molecule has 0 amide bonds. The number of hydrogen-bond donors (Lipinski definition) is 2. The Hall–Kier alpha value is -1.69. The van der Waals surface area contributed by atoms with E-state index in [0.29, 0.717) is 6.04 Å². The number of rotatable bonds is 3. The maximum absolute atomic E-state index is 4.49. The van der Waals surface area contributed by atoms with Crippen LogP contribution in [0.15, 0.2) is 6.07 Å². The van der Waals surface area contributed by atoms with Gasteiger partial charge in [-0.15, -0.1) is 0 Å². The number of aromatic nitrogens is 5. The van der Waals surface area contributed by atoms with Crippen molar-refractivity contribution in [3.8, 4) is 0 Å². The summed E-state index contributed by atoms with van der Waals surface area (Å²) in [5.74, 6) is 1.80. The number of aryl methyl sites for hydroxylation is 1. The van der Waals surface area contributed by atoms with Crippen LogP contribution in [0.2, 0.25) is 0 Å². The van der Waals surface area contributed by atoms with Crippen molar-refractivity contribution in [2.45, 2.75) is 58.5 Å². The van der Waals surface area contributed by atoms with E-state index >= 15 is 0 Å². The molecule has 0 aliphatic carbocycles. The van der Waals surface area contributed by atoms with Crippen molar-refractivity contribution >= 4 is 0 Å². The summed E-state index contributed by atoms with van der Waals surface area (Å²) < 4.78 is 0. The zero-order valence-electron chi connectivity index (χ0n) is 13.3. The lowest BCUT2D eigenvalue weighted by Crippen LogP contribution is -2.23. The quantitative estimate of drug-likeness (QED) is 0.910. The smallest absolute Gasteiger partial charge is 0.167 e. The molecule has 6 heteroatoms. The average Bonchev–Trinajstić information content (AvgIpc) is 3.08. The summed E-state index contributed by atoms with van der Waals surface area (Å²) in [6, 6.07) is 2.50. The maximum Gasteiger partial charge on any atom is 0.167 e. The number of nitrogens with one attached hydrogen (secondary N) is 2. The molecular formula is C15H24N6. The summed E-state index contributed by atoms with van der Waals surface area (Å²) in [4.78, 5) is 6.93. The van der Waals surface area contributed by atoms with Gasteiger partial charge in [-0.1, -0.05) is 20.8 Å². The van der Waals surface area contributed by atoms with Crippen LogP contribution < -0.4 is 0 Å². The van der Waals surface area contributed by atoms with Gasteiger partial charge in [-0.25, -0.2) is 4.98 Å². The average molecular weight is 288 g/mol. The third-order valence-electron chi connectivity index (χ3n) is 4.05. The van der Waals surface area contributed by atoms with E-state index in [9.17, 15) is 0 Å². The summed E-state index contributed by atoms with van der Waals surface area (Å²) >= 11 is 0. The molecule has 6 nitrogen and oxygen atoms in total. The molecule has 3 heterocycles. The van der Waals surface area contributed by atoms with E-state index in [-0.39, 0.29) is 5.41 Å². The van der Waals surface area contributed by atoms with Crippen LogP contribution in [0.4, 0.5) is 0 Å². The van der Waals surface area contributed by atoms with Crippen molar-refractivity contribution in [3.05, 3.63) is 29.1 Å². The molecule has 21 heavy (non-hydrogen) atoms. The lowest BCUT2D eigenvalue weighted by molar-refractivity contribution is 0.237. The van der Waals surface area contributed by atoms with Gasteiger partial charge in [0.25, 0.3) is 0 Å². The Labute approximate surface area is 125 Å². The van der Waals surface area contributed by atoms with Crippen LogP contribution in [0.3, 0.4) is 0 Å². The first-order chi connectivity index (χ1) is 9.93. The predicted molar refractivity (Wildman–Crippen MR) is 80.8 cm³/mol. The number of H-pyrrole nitrogens is 2. The first-order valence-corrected chi connectivity index (χ1v) is 7.61. The second-order valence-electron chi connectivity index (χ2n) is 6.94. The highest BCUT2D eigenvalue weighted by Gasteiger charge is 2.29. The van der Waals surface area contributed by atoms with Gasteiger partial charge in [0.05, 0.1) is 11.7 Å². The number of hydrogen-bond acceptors (Lipinski definition) is 4. The molecule has 0 radical (unpaired) electrons. The van der Waals surface area contributed by atoms with Crippen LogP contribution in [0.5, 0.6) is 0 Å². The molecule has 0 unspecified atom stereocenters. The Morgan fingerprint density at radius 3 is 2.71 bits per heavy atom. The second-order valence-corrected chi connectivity index (χ2v) is 6.94. The number of aromatic amines is 2. The van der Waals surface area contributed by atoms with E-state index in [4.69, 9.17) is 0 Å². The minimum Gasteiger partial charge on any atom is -0.287 e. The van der Waals surface area contributed by atoms with Crippen LogP contribution >= 0.6 is 0 Å². The Kier molecular flexibility index (Phi) is 3.57. The normalized spacial score (nSPS) is 20.3. The predicted octanol–water partition coefficient (Wildman–Crippen LogP) is 2.47. The molecule has 0 bridgehead atoms. The van der Waals surface area contributed by atoms with E-state index in [0.717, 1.165) is 36.9 Å². The maximum atomic E-state index is 4.49. The molecule has 1 fully saturated rings. The van der Waals surface area contributed by atoms with Crippen LogP contribution in [0.1, 0.15) is 62.7 Å². The molecule has 2 aromatic rings. The van der Waals surface area contributed by atoms with E-state index in [2.05, 4.69) is 57.1 Å². The molecule has 0 saturated carbocycles. The third kappa shape index (κ3) is 3.00. The van der Waals surface area contributed by atoms with Gasteiger partial charge in [-0.2, -0.15) is 10.2 Å². The number of nitrogens with zero attached hydrogens (tertiary/aromatic N) is 4. The lowest BCUT2D eigenvalue weighted by atomic mass is 9.92. The first-order valence-electron chi connectivity index (χ1n) is 7.61. The third-order valence-corrected chi connectivity index (χ3v) is 4.05. The topological polar surface area (TPSA) is 73.5 Å². The van der Waals surface area contributed by atoms with E-state index in [1.54, 1.807) is 0 Å². The zero-order chi connectivity index (χ0) is 15.0. The fourth-order valence-electron chi connectivity index (χ4n) is 2.86. The van der Waals surface area contributed by atoms with E-state index < -0.39 is 0 Å². The summed E-state index contributed by atoms with van der Waals surface area (Å²) in [6.07, 6.45) is 2.32. The highest BCUT2D eigenvalue weighted by molar-refractivity contribution is 5.16. The van der Waals surface area contributed by atoms with Crippen LogP contribution in [0.25, 0.3) is 0 Å². The van der Waals surface area contributed by atoms with Crippen molar-refractivity contribution in [1.82, 2.24) is 30.3 Å². The molecule has 0 aromatic carbocycles. The van der Waals surface area contributed by atoms with Gasteiger partial charge in [0, 0.05) is 17.7 Å². The van der Waals surface area contributed by atoms with Crippen LogP contribution in [-0.2, 0) is 12.0 Å². The van der Waals surface area contributed by atoms with E-state index in [1.165, 1.54) is 12.1 Å². The Balaban J connectivity index is 1.73. The lowest BCUT2D eigenvalue weighted by Gasteiger charge is -2.21. The molecular weight excluding hydrogens is 264 g/mol.